The molecule has 0 spiro atoms. The lowest BCUT2D eigenvalue weighted by Crippen LogP contribution is -2.46. The molecule has 1 atom stereocenters. The zero-order chi connectivity index (χ0) is 18.6. The molecule has 0 bridgehead atoms. The Morgan fingerprint density at radius 3 is 2.52 bits per heavy atom. The normalized spacial score (nSPS) is 12.1. The maximum absolute atomic E-state index is 13.1. The molecule has 0 aliphatic carbocycles. The van der Waals surface area contributed by atoms with Gasteiger partial charge in [-0.3, -0.25) is 9.59 Å². The summed E-state index contributed by atoms with van der Waals surface area (Å²) in [6.07, 6.45) is 0. The average Bonchev–Trinajstić information content (AvgIpc) is 2.92. The Morgan fingerprint density at radius 2 is 1.92 bits per heavy atom. The second-order valence-electron chi connectivity index (χ2n) is 6.09. The summed E-state index contributed by atoms with van der Waals surface area (Å²) in [5.74, 6) is -0.745. The molecule has 0 radical (unpaired) electrons. The smallest absolute Gasteiger partial charge is 0.244 e. The quantitative estimate of drug-likeness (QED) is 0.734. The Bertz CT molecular complexity index is 755. The molecule has 1 heterocycles. The van der Waals surface area contributed by atoms with E-state index in [1.807, 2.05) is 13.8 Å². The Labute approximate surface area is 145 Å². The highest BCUT2D eigenvalue weighted by molar-refractivity contribution is 5.94. The number of hydrogen-bond acceptors (Lipinski definition) is 4. The summed E-state index contributed by atoms with van der Waals surface area (Å²) in [5.41, 5.74) is 7.02. The Morgan fingerprint density at radius 1 is 1.28 bits per heavy atom. The van der Waals surface area contributed by atoms with Crippen LogP contribution in [0.3, 0.4) is 0 Å². The minimum atomic E-state index is -0.667. The number of halogens is 1. The van der Waals surface area contributed by atoms with Gasteiger partial charge in [0, 0.05) is 6.07 Å². The van der Waals surface area contributed by atoms with Crippen LogP contribution in [0.25, 0.3) is 5.69 Å². The van der Waals surface area contributed by atoms with Crippen LogP contribution in [0.15, 0.2) is 30.3 Å². The SMILES string of the molecule is Cc1cc(NC(=O)CNC(=O)[C@@H](N)C(C)C)n(-c2ccc(F)cc2)n1. The molecular formula is C17H22FN5O2. The number of nitrogens with one attached hydrogen (secondary N) is 2. The van der Waals surface area contributed by atoms with Crippen LogP contribution >= 0.6 is 0 Å². The van der Waals surface area contributed by atoms with Crippen molar-refractivity contribution in [3.8, 4) is 5.69 Å². The standard InChI is InChI=1S/C17H22FN5O2/c1-10(2)16(19)17(25)20-9-15(24)21-14-8-11(3)22-23(14)13-6-4-12(18)5-7-13/h4-8,10,16H,9,19H2,1-3H3,(H,20,25)(H,21,24)/t16-/m0/s1. The summed E-state index contributed by atoms with van der Waals surface area (Å²) in [6.45, 7) is 5.23. The van der Waals surface area contributed by atoms with Gasteiger partial charge in [0.15, 0.2) is 0 Å². The highest BCUT2D eigenvalue weighted by atomic mass is 19.1. The van der Waals surface area contributed by atoms with E-state index in [1.165, 1.54) is 16.8 Å². The summed E-state index contributed by atoms with van der Waals surface area (Å²) in [5, 5.41) is 9.46. The first-order chi connectivity index (χ1) is 11.8. The van der Waals surface area contributed by atoms with Crippen molar-refractivity contribution in [1.82, 2.24) is 15.1 Å². The number of benzene rings is 1. The summed E-state index contributed by atoms with van der Waals surface area (Å²) < 4.78 is 14.6. The zero-order valence-electron chi connectivity index (χ0n) is 14.4. The van der Waals surface area contributed by atoms with Crippen molar-refractivity contribution in [3.05, 3.63) is 41.8 Å². The minimum absolute atomic E-state index is 0.0226. The number of hydrogen-bond donors (Lipinski definition) is 3. The van der Waals surface area contributed by atoms with Crippen molar-refractivity contribution in [2.75, 3.05) is 11.9 Å². The maximum Gasteiger partial charge on any atom is 0.244 e. The summed E-state index contributed by atoms with van der Waals surface area (Å²) in [7, 11) is 0. The van der Waals surface area contributed by atoms with Crippen LogP contribution in [-0.4, -0.2) is 34.2 Å². The van der Waals surface area contributed by atoms with Gasteiger partial charge in [-0.15, -0.1) is 0 Å². The maximum atomic E-state index is 13.1. The van der Waals surface area contributed by atoms with Crippen LogP contribution in [0.1, 0.15) is 19.5 Å². The molecular weight excluding hydrogens is 325 g/mol. The largest absolute Gasteiger partial charge is 0.346 e. The van der Waals surface area contributed by atoms with Crippen molar-refractivity contribution in [2.45, 2.75) is 26.8 Å². The number of nitrogens with zero attached hydrogens (tertiary/aromatic N) is 2. The van der Waals surface area contributed by atoms with Crippen LogP contribution in [0.5, 0.6) is 0 Å². The van der Waals surface area contributed by atoms with Gasteiger partial charge in [0.25, 0.3) is 0 Å². The van der Waals surface area contributed by atoms with E-state index in [9.17, 15) is 14.0 Å². The molecule has 25 heavy (non-hydrogen) atoms. The molecule has 2 aromatic rings. The van der Waals surface area contributed by atoms with E-state index in [2.05, 4.69) is 15.7 Å². The molecule has 134 valence electrons. The molecule has 0 saturated heterocycles. The van der Waals surface area contributed by atoms with E-state index >= 15 is 0 Å². The molecule has 8 heteroatoms. The van der Waals surface area contributed by atoms with Crippen LogP contribution in [-0.2, 0) is 9.59 Å². The topological polar surface area (TPSA) is 102 Å². The molecule has 0 unspecified atom stereocenters. The van der Waals surface area contributed by atoms with Gasteiger partial charge in [0.05, 0.1) is 24.0 Å². The number of anilines is 1. The fraction of sp³-hybridized carbons (Fsp3) is 0.353. The second-order valence-corrected chi connectivity index (χ2v) is 6.09. The average molecular weight is 347 g/mol. The molecule has 1 aromatic carbocycles. The van der Waals surface area contributed by atoms with Crippen molar-refractivity contribution in [2.24, 2.45) is 11.7 Å². The van der Waals surface area contributed by atoms with E-state index in [-0.39, 0.29) is 24.2 Å². The third kappa shape index (κ3) is 4.87. The number of carbonyl (C=O) groups is 2. The molecule has 7 nitrogen and oxygen atoms in total. The predicted octanol–water partition coefficient (Wildman–Crippen LogP) is 1.36. The molecule has 1 aromatic heterocycles. The number of aromatic nitrogens is 2. The summed E-state index contributed by atoms with van der Waals surface area (Å²) in [6, 6.07) is 6.75. The van der Waals surface area contributed by atoms with Gasteiger partial charge in [-0.25, -0.2) is 9.07 Å². The highest BCUT2D eigenvalue weighted by Crippen LogP contribution is 2.17. The number of rotatable bonds is 6. The Balaban J connectivity index is 2.04. The first-order valence-electron chi connectivity index (χ1n) is 7.93. The van der Waals surface area contributed by atoms with Crippen LogP contribution in [0.2, 0.25) is 0 Å². The van der Waals surface area contributed by atoms with Gasteiger partial charge in [0.2, 0.25) is 11.8 Å². The summed E-state index contributed by atoms with van der Waals surface area (Å²) >= 11 is 0. The third-order valence-corrected chi connectivity index (χ3v) is 3.61. The number of amides is 2. The van der Waals surface area contributed by atoms with Gasteiger partial charge in [0.1, 0.15) is 11.6 Å². The Kier molecular flexibility index (Phi) is 5.87. The Hall–Kier alpha value is -2.74. The molecule has 2 rings (SSSR count). The highest BCUT2D eigenvalue weighted by Gasteiger charge is 2.18. The first-order valence-corrected chi connectivity index (χ1v) is 7.93. The van der Waals surface area contributed by atoms with Crippen LogP contribution < -0.4 is 16.4 Å². The van der Waals surface area contributed by atoms with Crippen molar-refractivity contribution in [1.29, 1.82) is 0 Å². The predicted molar refractivity (Wildman–Crippen MR) is 92.7 cm³/mol. The molecule has 0 aliphatic heterocycles. The van der Waals surface area contributed by atoms with Crippen molar-refractivity contribution >= 4 is 17.6 Å². The lowest BCUT2D eigenvalue weighted by molar-refractivity contribution is -0.125. The van der Waals surface area contributed by atoms with E-state index in [0.29, 0.717) is 17.2 Å². The molecule has 0 aliphatic rings. The van der Waals surface area contributed by atoms with Gasteiger partial charge in [-0.05, 0) is 37.1 Å². The van der Waals surface area contributed by atoms with Gasteiger partial charge >= 0.3 is 0 Å². The fourth-order valence-electron chi connectivity index (χ4n) is 2.14. The van der Waals surface area contributed by atoms with Crippen LogP contribution in [0.4, 0.5) is 10.2 Å². The van der Waals surface area contributed by atoms with Crippen molar-refractivity contribution in [3.63, 3.8) is 0 Å². The van der Waals surface area contributed by atoms with E-state index in [1.54, 1.807) is 25.1 Å². The number of carbonyl (C=O) groups excluding carboxylic acids is 2. The molecule has 2 amide bonds. The van der Waals surface area contributed by atoms with E-state index < -0.39 is 11.9 Å². The fourth-order valence-corrected chi connectivity index (χ4v) is 2.14. The summed E-state index contributed by atoms with van der Waals surface area (Å²) in [4.78, 5) is 23.9. The minimum Gasteiger partial charge on any atom is -0.346 e. The first kappa shape index (κ1) is 18.6. The van der Waals surface area contributed by atoms with Gasteiger partial charge in [-0.1, -0.05) is 13.8 Å². The monoisotopic (exact) mass is 347 g/mol. The van der Waals surface area contributed by atoms with E-state index in [0.717, 1.165) is 0 Å². The van der Waals surface area contributed by atoms with Crippen molar-refractivity contribution < 1.29 is 14.0 Å². The zero-order valence-corrected chi connectivity index (χ0v) is 14.4. The van der Waals surface area contributed by atoms with Gasteiger partial charge in [-0.2, -0.15) is 5.10 Å². The van der Waals surface area contributed by atoms with Gasteiger partial charge < -0.3 is 16.4 Å². The molecule has 0 saturated carbocycles. The number of nitrogens with two attached hydrogens (primary N) is 1. The lowest BCUT2D eigenvalue weighted by atomic mass is 10.1. The second kappa shape index (κ2) is 7.89. The molecule has 4 N–H and O–H groups in total. The number of aryl methyl sites for hydroxylation is 1. The third-order valence-electron chi connectivity index (χ3n) is 3.61. The lowest BCUT2D eigenvalue weighted by Gasteiger charge is -2.15. The van der Waals surface area contributed by atoms with E-state index in [4.69, 9.17) is 5.73 Å². The van der Waals surface area contributed by atoms with Crippen LogP contribution in [0, 0.1) is 18.7 Å². The molecule has 0 fully saturated rings.